The minimum absolute atomic E-state index is 0.134. The Labute approximate surface area is 127 Å². The normalized spacial score (nSPS) is 10.8. The summed E-state index contributed by atoms with van der Waals surface area (Å²) in [4.78, 5) is 22.7. The molecule has 2 aromatic heterocycles. The maximum absolute atomic E-state index is 11.2. The fraction of sp³-hybridized carbons (Fsp3) is 0.0714. The van der Waals surface area contributed by atoms with Crippen molar-refractivity contribution >= 4 is 33.1 Å². The summed E-state index contributed by atoms with van der Waals surface area (Å²) < 4.78 is 6.21. The van der Waals surface area contributed by atoms with Gasteiger partial charge in [-0.25, -0.2) is 14.8 Å². The third kappa shape index (κ3) is 2.36. The van der Waals surface area contributed by atoms with Crippen LogP contribution in [0.5, 0.6) is 5.75 Å². The lowest BCUT2D eigenvalue weighted by Gasteiger charge is -2.06. The molecular formula is C14H10BrN3O3. The van der Waals surface area contributed by atoms with Gasteiger partial charge in [-0.3, -0.25) is 0 Å². The van der Waals surface area contributed by atoms with E-state index in [1.807, 2.05) is 18.2 Å². The van der Waals surface area contributed by atoms with Gasteiger partial charge >= 0.3 is 5.97 Å². The number of nitrogens with zero attached hydrogens (tertiary/aromatic N) is 2. The van der Waals surface area contributed by atoms with E-state index in [0.29, 0.717) is 22.7 Å². The Morgan fingerprint density at radius 1 is 1.38 bits per heavy atom. The lowest BCUT2D eigenvalue weighted by molar-refractivity contribution is 0.0698. The summed E-state index contributed by atoms with van der Waals surface area (Å²) in [6.45, 7) is 0. The molecule has 7 heteroatoms. The Kier molecular flexibility index (Phi) is 3.34. The first-order valence-electron chi connectivity index (χ1n) is 6.02. The molecule has 2 N–H and O–H groups in total. The summed E-state index contributed by atoms with van der Waals surface area (Å²) in [5, 5.41) is 9.19. The smallest absolute Gasteiger partial charge is 0.338 e. The number of pyridine rings is 1. The highest BCUT2D eigenvalue weighted by Crippen LogP contribution is 2.32. The summed E-state index contributed by atoms with van der Waals surface area (Å²) in [7, 11) is 1.56. The molecule has 0 unspecified atom stereocenters. The van der Waals surface area contributed by atoms with Crippen LogP contribution in [0.15, 0.2) is 34.9 Å². The van der Waals surface area contributed by atoms with Crippen LogP contribution in [0.1, 0.15) is 10.4 Å². The van der Waals surface area contributed by atoms with Crippen molar-refractivity contribution in [3.05, 3.63) is 40.5 Å². The molecule has 0 spiro atoms. The Hall–Kier alpha value is -2.41. The van der Waals surface area contributed by atoms with E-state index in [1.165, 1.54) is 12.3 Å². The summed E-state index contributed by atoms with van der Waals surface area (Å²) in [5.74, 6) is 0.108. The Balaban J connectivity index is 2.22. The zero-order valence-corrected chi connectivity index (χ0v) is 12.5. The van der Waals surface area contributed by atoms with Crippen LogP contribution in [-0.2, 0) is 0 Å². The van der Waals surface area contributed by atoms with E-state index in [2.05, 4.69) is 30.9 Å². The van der Waals surface area contributed by atoms with E-state index >= 15 is 0 Å². The van der Waals surface area contributed by atoms with Crippen LogP contribution in [0, 0.1) is 0 Å². The van der Waals surface area contributed by atoms with Crippen LogP contribution >= 0.6 is 15.9 Å². The number of rotatable bonds is 3. The Bertz CT molecular complexity index is 845. The summed E-state index contributed by atoms with van der Waals surface area (Å²) >= 11 is 3.37. The van der Waals surface area contributed by atoms with Gasteiger partial charge in [0.25, 0.3) is 0 Å². The number of ether oxygens (including phenoxy) is 1. The molecule has 0 saturated heterocycles. The molecule has 21 heavy (non-hydrogen) atoms. The second-order valence-electron chi connectivity index (χ2n) is 4.29. The number of fused-ring (bicyclic) bond motifs is 1. The van der Waals surface area contributed by atoms with Gasteiger partial charge in [0.05, 0.1) is 23.8 Å². The van der Waals surface area contributed by atoms with Gasteiger partial charge in [0.2, 0.25) is 0 Å². The second kappa shape index (κ2) is 5.17. The van der Waals surface area contributed by atoms with Crippen molar-refractivity contribution in [3.8, 4) is 17.1 Å². The van der Waals surface area contributed by atoms with Gasteiger partial charge in [-0.05, 0) is 24.3 Å². The maximum Gasteiger partial charge on any atom is 0.338 e. The summed E-state index contributed by atoms with van der Waals surface area (Å²) in [6.07, 6.45) is 1.43. The fourth-order valence-electron chi connectivity index (χ4n) is 2.08. The molecule has 106 valence electrons. The number of carboxylic acid groups (broad SMARTS) is 1. The van der Waals surface area contributed by atoms with Crippen LogP contribution < -0.4 is 4.74 Å². The number of nitrogens with one attached hydrogen (secondary N) is 1. The third-order valence-corrected chi connectivity index (χ3v) is 3.53. The highest BCUT2D eigenvalue weighted by atomic mass is 79.9. The number of hydrogen-bond donors (Lipinski definition) is 2. The minimum atomic E-state index is -1.03. The van der Waals surface area contributed by atoms with Crippen molar-refractivity contribution < 1.29 is 14.6 Å². The molecule has 2 heterocycles. The van der Waals surface area contributed by atoms with Crippen LogP contribution in [0.2, 0.25) is 0 Å². The molecule has 0 bridgehead atoms. The van der Waals surface area contributed by atoms with E-state index < -0.39 is 5.97 Å². The minimum Gasteiger partial charge on any atom is -0.496 e. The molecule has 0 amide bonds. The zero-order valence-electron chi connectivity index (χ0n) is 10.9. The van der Waals surface area contributed by atoms with E-state index in [-0.39, 0.29) is 5.56 Å². The lowest BCUT2D eigenvalue weighted by Crippen LogP contribution is -1.97. The van der Waals surface area contributed by atoms with Crippen LogP contribution in [0.25, 0.3) is 22.6 Å². The number of methoxy groups -OCH3 is 1. The van der Waals surface area contributed by atoms with Gasteiger partial charge in [-0.15, -0.1) is 0 Å². The lowest BCUT2D eigenvalue weighted by atomic mass is 10.2. The van der Waals surface area contributed by atoms with Crippen LogP contribution in [0.3, 0.4) is 0 Å². The second-order valence-corrected chi connectivity index (χ2v) is 5.21. The number of carbonyl (C=O) groups is 1. The summed E-state index contributed by atoms with van der Waals surface area (Å²) in [5.41, 5.74) is 1.62. The number of aromatic amines is 1. The van der Waals surface area contributed by atoms with Crippen molar-refractivity contribution in [2.24, 2.45) is 0 Å². The van der Waals surface area contributed by atoms with Crippen molar-refractivity contribution in [2.75, 3.05) is 7.11 Å². The van der Waals surface area contributed by atoms with E-state index in [9.17, 15) is 9.90 Å². The molecule has 3 aromatic rings. The number of aromatic carboxylic acids is 1. The van der Waals surface area contributed by atoms with Crippen LogP contribution in [-0.4, -0.2) is 33.1 Å². The summed E-state index contributed by atoms with van der Waals surface area (Å²) in [6, 6.07) is 6.94. The molecule has 0 aliphatic rings. The number of H-pyrrole nitrogens is 1. The third-order valence-electron chi connectivity index (χ3n) is 3.04. The van der Waals surface area contributed by atoms with Gasteiger partial charge in [0, 0.05) is 10.7 Å². The quantitative estimate of drug-likeness (QED) is 0.759. The number of benzene rings is 1. The van der Waals surface area contributed by atoms with Gasteiger partial charge < -0.3 is 14.8 Å². The molecule has 0 aliphatic carbocycles. The molecule has 1 aromatic carbocycles. The van der Waals surface area contributed by atoms with Crippen molar-refractivity contribution in [2.45, 2.75) is 0 Å². The molecule has 0 fully saturated rings. The molecule has 0 radical (unpaired) electrons. The molecular weight excluding hydrogens is 338 g/mol. The first-order chi connectivity index (χ1) is 10.1. The Morgan fingerprint density at radius 3 is 2.90 bits per heavy atom. The number of carboxylic acids is 1. The maximum atomic E-state index is 11.2. The first kappa shape index (κ1) is 13.6. The van der Waals surface area contributed by atoms with Crippen molar-refractivity contribution in [1.82, 2.24) is 15.0 Å². The van der Waals surface area contributed by atoms with E-state index in [0.717, 1.165) is 10.0 Å². The standard InChI is InChI=1S/C14H10BrN3O3/c1-21-10-6-7(15)2-3-8(10)12-17-11-9(14(19)20)4-5-16-13(11)18-12/h2-6H,1H3,(H,19,20)(H,16,17,18). The molecule has 0 atom stereocenters. The van der Waals surface area contributed by atoms with Gasteiger partial charge in [0.15, 0.2) is 5.65 Å². The average molecular weight is 348 g/mol. The topological polar surface area (TPSA) is 88.1 Å². The van der Waals surface area contributed by atoms with Crippen molar-refractivity contribution in [3.63, 3.8) is 0 Å². The van der Waals surface area contributed by atoms with E-state index in [4.69, 9.17) is 4.74 Å². The average Bonchev–Trinajstić information content (AvgIpc) is 2.90. The fourth-order valence-corrected chi connectivity index (χ4v) is 2.42. The highest BCUT2D eigenvalue weighted by Gasteiger charge is 2.16. The zero-order chi connectivity index (χ0) is 15.0. The van der Waals surface area contributed by atoms with Gasteiger partial charge in [-0.2, -0.15) is 0 Å². The van der Waals surface area contributed by atoms with Crippen molar-refractivity contribution in [1.29, 1.82) is 0 Å². The predicted molar refractivity (Wildman–Crippen MR) is 80.5 cm³/mol. The molecule has 0 saturated carbocycles. The monoisotopic (exact) mass is 347 g/mol. The SMILES string of the molecule is COc1cc(Br)ccc1-c1nc2nccc(C(=O)O)c2[nH]1. The number of halogens is 1. The largest absolute Gasteiger partial charge is 0.496 e. The predicted octanol–water partition coefficient (Wildman–Crippen LogP) is 3.09. The number of hydrogen-bond acceptors (Lipinski definition) is 4. The Morgan fingerprint density at radius 2 is 2.19 bits per heavy atom. The first-order valence-corrected chi connectivity index (χ1v) is 6.81. The highest BCUT2D eigenvalue weighted by molar-refractivity contribution is 9.10. The van der Waals surface area contributed by atoms with Crippen LogP contribution in [0.4, 0.5) is 0 Å². The van der Waals surface area contributed by atoms with Gasteiger partial charge in [-0.1, -0.05) is 15.9 Å². The van der Waals surface area contributed by atoms with Gasteiger partial charge in [0.1, 0.15) is 11.6 Å². The van der Waals surface area contributed by atoms with E-state index in [1.54, 1.807) is 7.11 Å². The molecule has 0 aliphatic heterocycles. The molecule has 6 nitrogen and oxygen atoms in total. The molecule has 3 rings (SSSR count). The number of aromatic nitrogens is 3. The number of imidazole rings is 1.